The second kappa shape index (κ2) is 9.33. The van der Waals surface area contributed by atoms with E-state index in [0.29, 0.717) is 5.92 Å². The van der Waals surface area contributed by atoms with E-state index in [0.717, 1.165) is 66.7 Å². The fourth-order valence-corrected chi connectivity index (χ4v) is 4.66. The molecule has 0 spiro atoms. The molecule has 0 bridgehead atoms. The Hall–Kier alpha value is -3.61. The molecule has 34 heavy (non-hydrogen) atoms. The largest absolute Gasteiger partial charge is 0.495 e. The number of benzene rings is 2. The molecular formula is C27H30FN5O. The van der Waals surface area contributed by atoms with E-state index >= 15 is 0 Å². The van der Waals surface area contributed by atoms with E-state index in [4.69, 9.17) is 9.73 Å². The highest BCUT2D eigenvalue weighted by molar-refractivity contribution is 6.03. The minimum atomic E-state index is -0.219. The average molecular weight is 460 g/mol. The number of hydrazine groups is 1. The van der Waals surface area contributed by atoms with Gasteiger partial charge in [-0.25, -0.2) is 9.37 Å². The highest BCUT2D eigenvalue weighted by atomic mass is 19.1. The van der Waals surface area contributed by atoms with Crippen molar-refractivity contribution in [2.45, 2.75) is 26.7 Å². The van der Waals surface area contributed by atoms with E-state index in [-0.39, 0.29) is 5.82 Å². The lowest BCUT2D eigenvalue weighted by Gasteiger charge is -2.41. The smallest absolute Gasteiger partial charge is 0.145 e. The quantitative estimate of drug-likeness (QED) is 0.533. The van der Waals surface area contributed by atoms with Crippen LogP contribution in [-0.2, 0) is 0 Å². The number of imidazole rings is 1. The van der Waals surface area contributed by atoms with Crippen LogP contribution in [0.3, 0.4) is 0 Å². The molecule has 0 amide bonds. The highest BCUT2D eigenvalue weighted by Crippen LogP contribution is 2.31. The monoisotopic (exact) mass is 459 g/mol. The van der Waals surface area contributed by atoms with Gasteiger partial charge >= 0.3 is 0 Å². The van der Waals surface area contributed by atoms with Gasteiger partial charge in [-0.3, -0.25) is 15.0 Å². The van der Waals surface area contributed by atoms with Gasteiger partial charge in [-0.15, -0.1) is 0 Å². The van der Waals surface area contributed by atoms with Crippen LogP contribution >= 0.6 is 0 Å². The van der Waals surface area contributed by atoms with Gasteiger partial charge in [-0.1, -0.05) is 13.0 Å². The average Bonchev–Trinajstić information content (AvgIpc) is 3.20. The molecule has 7 heteroatoms. The van der Waals surface area contributed by atoms with E-state index in [1.165, 1.54) is 17.7 Å². The molecule has 6 nitrogen and oxygen atoms in total. The standard InChI is InChI=1S/C27H30FN5O/c1-19-15-29-27-22(5-4-12-32(27)33(16-19)24-9-7-23(28)8-10-24)13-21-6-11-25(26(14-21)34-3)31-17-20(2)30-18-31/h6-11,13-14,17-19H,4-5,12,15-16H2,1-3H3/b22-13+. The Balaban J connectivity index is 1.49. The molecule has 1 atom stereocenters. The van der Waals surface area contributed by atoms with Gasteiger partial charge in [0.1, 0.15) is 17.4 Å². The summed E-state index contributed by atoms with van der Waals surface area (Å²) in [7, 11) is 1.69. The third-order valence-electron chi connectivity index (χ3n) is 6.34. The summed E-state index contributed by atoms with van der Waals surface area (Å²) in [5.41, 5.74) is 5.19. The predicted octanol–water partition coefficient (Wildman–Crippen LogP) is 5.28. The number of rotatable bonds is 4. The van der Waals surface area contributed by atoms with Gasteiger partial charge in [0, 0.05) is 25.8 Å². The first-order valence-electron chi connectivity index (χ1n) is 11.8. The molecule has 2 aromatic carbocycles. The zero-order valence-corrected chi connectivity index (χ0v) is 19.9. The van der Waals surface area contributed by atoms with Gasteiger partial charge in [0.05, 0.1) is 30.5 Å². The van der Waals surface area contributed by atoms with Crippen LogP contribution in [0, 0.1) is 18.7 Å². The molecule has 176 valence electrons. The van der Waals surface area contributed by atoms with Crippen LogP contribution in [0.5, 0.6) is 5.75 Å². The first-order valence-corrected chi connectivity index (χ1v) is 11.8. The first-order chi connectivity index (χ1) is 16.5. The molecule has 0 N–H and O–H groups in total. The number of nitrogens with zero attached hydrogens (tertiary/aromatic N) is 5. The molecule has 0 saturated carbocycles. The number of ether oxygens (including phenoxy) is 1. The molecule has 1 saturated heterocycles. The van der Waals surface area contributed by atoms with Crippen LogP contribution < -0.4 is 9.75 Å². The fourth-order valence-electron chi connectivity index (χ4n) is 4.66. The van der Waals surface area contributed by atoms with Crippen molar-refractivity contribution in [3.63, 3.8) is 0 Å². The van der Waals surface area contributed by atoms with Crippen molar-refractivity contribution in [1.29, 1.82) is 0 Å². The van der Waals surface area contributed by atoms with Crippen molar-refractivity contribution in [1.82, 2.24) is 14.6 Å². The van der Waals surface area contributed by atoms with E-state index in [2.05, 4.69) is 46.2 Å². The zero-order chi connectivity index (χ0) is 23.7. The summed E-state index contributed by atoms with van der Waals surface area (Å²) >= 11 is 0. The van der Waals surface area contributed by atoms with E-state index in [9.17, 15) is 4.39 Å². The Labute approximate surface area is 200 Å². The Kier molecular flexibility index (Phi) is 6.09. The van der Waals surface area contributed by atoms with Crippen molar-refractivity contribution in [2.24, 2.45) is 10.9 Å². The van der Waals surface area contributed by atoms with Crippen LogP contribution in [0.2, 0.25) is 0 Å². The van der Waals surface area contributed by atoms with Crippen LogP contribution in [-0.4, -0.2) is 47.1 Å². The van der Waals surface area contributed by atoms with E-state index < -0.39 is 0 Å². The maximum atomic E-state index is 13.6. The summed E-state index contributed by atoms with van der Waals surface area (Å²) in [5.74, 6) is 1.97. The summed E-state index contributed by atoms with van der Waals surface area (Å²) in [6.45, 7) is 6.69. The number of aliphatic imine (C=N–C) groups is 1. The lowest BCUT2D eigenvalue weighted by atomic mass is 10.0. The number of halogens is 1. The zero-order valence-electron chi connectivity index (χ0n) is 19.9. The van der Waals surface area contributed by atoms with Crippen LogP contribution in [0.4, 0.5) is 10.1 Å². The molecule has 1 unspecified atom stereocenters. The van der Waals surface area contributed by atoms with Gasteiger partial charge in [0.15, 0.2) is 0 Å². The van der Waals surface area contributed by atoms with Crippen molar-refractivity contribution in [3.05, 3.63) is 77.6 Å². The summed E-state index contributed by atoms with van der Waals surface area (Å²) in [4.78, 5) is 9.35. The molecule has 2 aliphatic heterocycles. The van der Waals surface area contributed by atoms with Gasteiger partial charge in [0.2, 0.25) is 0 Å². The normalized spacial score (nSPS) is 19.6. The fraction of sp³-hybridized carbons (Fsp3) is 0.333. The van der Waals surface area contributed by atoms with Gasteiger partial charge in [-0.05, 0) is 79.3 Å². The highest BCUT2D eigenvalue weighted by Gasteiger charge is 2.30. The Bertz CT molecular complexity index is 1230. The number of amidine groups is 1. The molecule has 0 radical (unpaired) electrons. The lowest BCUT2D eigenvalue weighted by molar-refractivity contribution is 0.352. The molecule has 1 fully saturated rings. The third-order valence-corrected chi connectivity index (χ3v) is 6.34. The van der Waals surface area contributed by atoms with Gasteiger partial charge < -0.3 is 9.30 Å². The summed E-state index contributed by atoms with van der Waals surface area (Å²) in [6, 6.07) is 13.0. The number of fused-ring (bicyclic) bond motifs is 1. The predicted molar refractivity (Wildman–Crippen MR) is 134 cm³/mol. The van der Waals surface area contributed by atoms with E-state index in [1.807, 2.05) is 29.8 Å². The van der Waals surface area contributed by atoms with Crippen molar-refractivity contribution in [3.8, 4) is 11.4 Å². The summed E-state index contributed by atoms with van der Waals surface area (Å²) in [6.07, 6.45) is 8.00. The topological polar surface area (TPSA) is 45.9 Å². The molecule has 3 heterocycles. The first kappa shape index (κ1) is 22.2. The molecular weight excluding hydrogens is 429 g/mol. The molecule has 5 rings (SSSR count). The number of aromatic nitrogens is 2. The number of methoxy groups -OCH3 is 1. The number of hydrogen-bond acceptors (Lipinski definition) is 5. The molecule has 3 aromatic rings. The number of aryl methyl sites for hydroxylation is 1. The second-order valence-electron chi connectivity index (χ2n) is 9.08. The second-order valence-corrected chi connectivity index (χ2v) is 9.08. The SMILES string of the molecule is COc1cc(/C=C2\CCCN3C2=NCC(C)CN3c2ccc(F)cc2)ccc1-n1cnc(C)c1. The van der Waals surface area contributed by atoms with Crippen LogP contribution in [0.1, 0.15) is 31.0 Å². The van der Waals surface area contributed by atoms with E-state index in [1.54, 1.807) is 13.4 Å². The molecule has 1 aromatic heterocycles. The minimum Gasteiger partial charge on any atom is -0.495 e. The van der Waals surface area contributed by atoms with Crippen molar-refractivity contribution < 1.29 is 9.13 Å². The van der Waals surface area contributed by atoms with Gasteiger partial charge in [-0.2, -0.15) is 0 Å². The Morgan fingerprint density at radius 3 is 2.68 bits per heavy atom. The maximum Gasteiger partial charge on any atom is 0.145 e. The minimum absolute atomic E-state index is 0.219. The van der Waals surface area contributed by atoms with Gasteiger partial charge in [0.25, 0.3) is 0 Å². The Morgan fingerprint density at radius 1 is 1.12 bits per heavy atom. The van der Waals surface area contributed by atoms with Crippen LogP contribution in [0.15, 0.2) is 65.6 Å². The summed E-state index contributed by atoms with van der Waals surface area (Å²) in [5, 5.41) is 4.53. The summed E-state index contributed by atoms with van der Waals surface area (Å²) < 4.78 is 21.3. The number of anilines is 1. The van der Waals surface area contributed by atoms with Crippen molar-refractivity contribution >= 4 is 17.6 Å². The third kappa shape index (κ3) is 4.42. The lowest BCUT2D eigenvalue weighted by Crippen LogP contribution is -2.50. The number of hydrogen-bond donors (Lipinski definition) is 0. The van der Waals surface area contributed by atoms with Crippen LogP contribution in [0.25, 0.3) is 11.8 Å². The van der Waals surface area contributed by atoms with Crippen molar-refractivity contribution in [2.75, 3.05) is 31.8 Å². The molecule has 2 aliphatic rings. The Morgan fingerprint density at radius 2 is 1.94 bits per heavy atom. The maximum absolute atomic E-state index is 13.6. The molecule has 0 aliphatic carbocycles. The number of piperidine rings is 1.